The number of carbonyl (C=O) groups excluding carboxylic acids is 1. The first kappa shape index (κ1) is 42.3. The van der Waals surface area contributed by atoms with Crippen LogP contribution in [0.4, 0.5) is 10.5 Å². The van der Waals surface area contributed by atoms with Gasteiger partial charge in [-0.1, -0.05) is 65.0 Å². The molecule has 2 aromatic carbocycles. The number of hydrogen-bond acceptors (Lipinski definition) is 10. The molecule has 1 fully saturated rings. The first-order valence-corrected chi connectivity index (χ1v) is 18.6. The summed E-state index contributed by atoms with van der Waals surface area (Å²) in [6.45, 7) is 12.6. The van der Waals surface area contributed by atoms with Crippen molar-refractivity contribution in [1.29, 1.82) is 10.8 Å². The third kappa shape index (κ3) is 12.5. The summed E-state index contributed by atoms with van der Waals surface area (Å²) in [6, 6.07) is 18.1. The van der Waals surface area contributed by atoms with Gasteiger partial charge in [0.2, 0.25) is 0 Å². The standard InChI is InChI=1S/C40H54N8O4.CH2O2/c1-26(2)38(43)48-25-30(13-16-36(48)42)52-34-15-14-33(31-11-6-7-12-32(31)34)45-39(50)46-37(24-35(41)40(3,4)5)44-27-9-8-10-29(23-27)51-22-21-47-19-17-28(49)18-20-47;2-1-3/h6-13,16,23-26,28,33-34,42-43,49H,14-15,17-22,41H2,1-5H3,(H2,44,45,46,50);1H,(H,2,3)/b35-24-,42-36?,43-38?;/t33-,34+;/m0./s1. The minimum absolute atomic E-state index is 0.0418. The zero-order chi connectivity index (χ0) is 40.1. The van der Waals surface area contributed by atoms with E-state index in [0.29, 0.717) is 54.0 Å². The molecule has 1 aliphatic carbocycles. The molecule has 5 rings (SSSR count). The van der Waals surface area contributed by atoms with E-state index in [9.17, 15) is 9.90 Å². The Balaban J connectivity index is 0.00000217. The SMILES string of the molecule is CC(C)C(=N)n1cc(O[C@@H]2CC[C@H](NC(=O)NC(/C=C(\N)C(C)(C)C)=Nc3cccc(OCCN4CCC(O)CC4)c3)c3ccccc32)ccc1=N.O=CO. The fourth-order valence-electron chi connectivity index (χ4n) is 6.20. The molecule has 2 atom stereocenters. The van der Waals surface area contributed by atoms with Crippen LogP contribution in [0.1, 0.15) is 83.6 Å². The number of carboxylic acid groups (broad SMARTS) is 1. The topological polar surface area (TPSA) is 211 Å². The van der Waals surface area contributed by atoms with E-state index >= 15 is 0 Å². The third-order valence-corrected chi connectivity index (χ3v) is 9.45. The number of piperidine rings is 1. The van der Waals surface area contributed by atoms with Crippen molar-refractivity contribution in [1.82, 2.24) is 20.1 Å². The summed E-state index contributed by atoms with van der Waals surface area (Å²) in [5, 5.41) is 39.4. The lowest BCUT2D eigenvalue weighted by atomic mass is 9.85. The van der Waals surface area contributed by atoms with Gasteiger partial charge >= 0.3 is 6.03 Å². The van der Waals surface area contributed by atoms with Gasteiger partial charge in [-0.15, -0.1) is 0 Å². The Kier molecular flexibility index (Phi) is 15.2. The molecule has 0 unspecified atom stereocenters. The number of rotatable bonds is 10. The van der Waals surface area contributed by atoms with Crippen LogP contribution >= 0.6 is 0 Å². The van der Waals surface area contributed by atoms with Crippen molar-refractivity contribution in [2.75, 3.05) is 26.2 Å². The Morgan fingerprint density at radius 2 is 1.73 bits per heavy atom. The molecule has 0 saturated carbocycles. The van der Waals surface area contributed by atoms with Crippen LogP contribution < -0.4 is 31.3 Å². The number of amidine groups is 1. The number of hydrogen-bond donors (Lipinski definition) is 7. The number of allylic oxidation sites excluding steroid dienone is 1. The van der Waals surface area contributed by atoms with Crippen LogP contribution in [0.2, 0.25) is 0 Å². The van der Waals surface area contributed by atoms with Gasteiger partial charge in [0.05, 0.1) is 24.0 Å². The van der Waals surface area contributed by atoms with E-state index in [1.807, 2.05) is 83.1 Å². The molecule has 14 nitrogen and oxygen atoms in total. The number of aliphatic imine (C=N–C) groups is 1. The van der Waals surface area contributed by atoms with Crippen LogP contribution in [-0.4, -0.2) is 76.2 Å². The van der Waals surface area contributed by atoms with E-state index in [0.717, 1.165) is 43.6 Å². The summed E-state index contributed by atoms with van der Waals surface area (Å²) in [5.41, 5.74) is 9.44. The summed E-state index contributed by atoms with van der Waals surface area (Å²) < 4.78 is 14.0. The maximum atomic E-state index is 13.6. The zero-order valence-corrected chi connectivity index (χ0v) is 32.4. The number of carbonyl (C=O) groups is 2. The van der Waals surface area contributed by atoms with E-state index in [1.165, 1.54) is 4.57 Å². The summed E-state index contributed by atoms with van der Waals surface area (Å²) >= 11 is 0. The second-order valence-electron chi connectivity index (χ2n) is 15.0. The highest BCUT2D eigenvalue weighted by molar-refractivity contribution is 6.05. The zero-order valence-electron chi connectivity index (χ0n) is 32.4. The molecular formula is C41H56N8O6. The van der Waals surface area contributed by atoms with Crippen LogP contribution in [0, 0.1) is 22.2 Å². The maximum absolute atomic E-state index is 13.6. The minimum atomic E-state index is -0.408. The van der Waals surface area contributed by atoms with E-state index in [-0.39, 0.29) is 41.5 Å². The fourth-order valence-corrected chi connectivity index (χ4v) is 6.20. The molecule has 2 amide bonds. The molecule has 0 spiro atoms. The van der Waals surface area contributed by atoms with Gasteiger partial charge in [0, 0.05) is 48.8 Å². The lowest BCUT2D eigenvalue weighted by Crippen LogP contribution is -2.42. The van der Waals surface area contributed by atoms with Crippen molar-refractivity contribution in [3.63, 3.8) is 0 Å². The third-order valence-electron chi connectivity index (χ3n) is 9.45. The van der Waals surface area contributed by atoms with Gasteiger partial charge in [-0.25, -0.2) is 9.79 Å². The summed E-state index contributed by atoms with van der Waals surface area (Å²) in [7, 11) is 0. The van der Waals surface area contributed by atoms with Crippen molar-refractivity contribution in [3.8, 4) is 11.5 Å². The Hall–Kier alpha value is -5.47. The summed E-state index contributed by atoms with van der Waals surface area (Å²) in [4.78, 5) is 29.0. The number of fused-ring (bicyclic) bond motifs is 1. The number of nitrogens with one attached hydrogen (secondary N) is 4. The van der Waals surface area contributed by atoms with Gasteiger partial charge in [0.15, 0.2) is 0 Å². The van der Waals surface area contributed by atoms with Crippen LogP contribution in [0.3, 0.4) is 0 Å². The number of aliphatic hydroxyl groups excluding tert-OH is 1. The molecule has 0 radical (unpaired) electrons. The number of aromatic nitrogens is 1. The molecular weight excluding hydrogens is 701 g/mol. The minimum Gasteiger partial charge on any atom is -0.492 e. The highest BCUT2D eigenvalue weighted by Gasteiger charge is 2.30. The van der Waals surface area contributed by atoms with Gasteiger partial charge in [-0.2, -0.15) is 0 Å². The quantitative estimate of drug-likeness (QED) is 0.0755. The summed E-state index contributed by atoms with van der Waals surface area (Å²) in [6.07, 6.45) is 5.80. The van der Waals surface area contributed by atoms with E-state index in [1.54, 1.807) is 24.4 Å². The Morgan fingerprint density at radius 1 is 1.04 bits per heavy atom. The van der Waals surface area contributed by atoms with Crippen molar-refractivity contribution in [2.24, 2.45) is 22.1 Å². The van der Waals surface area contributed by atoms with Crippen molar-refractivity contribution in [3.05, 3.63) is 95.2 Å². The number of likely N-dealkylation sites (tertiary alicyclic amines) is 1. The number of pyridine rings is 1. The Labute approximate surface area is 323 Å². The lowest BCUT2D eigenvalue weighted by Gasteiger charge is -2.32. The lowest BCUT2D eigenvalue weighted by molar-refractivity contribution is -0.122. The van der Waals surface area contributed by atoms with Gasteiger partial charge < -0.3 is 30.7 Å². The molecule has 8 N–H and O–H groups in total. The van der Waals surface area contributed by atoms with Gasteiger partial charge in [0.1, 0.15) is 41.4 Å². The Morgan fingerprint density at radius 3 is 2.40 bits per heavy atom. The fraction of sp³-hybridized carbons (Fsp3) is 0.439. The largest absolute Gasteiger partial charge is 0.492 e. The number of urea groups is 1. The van der Waals surface area contributed by atoms with Crippen molar-refractivity contribution in [2.45, 2.75) is 78.6 Å². The highest BCUT2D eigenvalue weighted by atomic mass is 16.5. The predicted molar refractivity (Wildman–Crippen MR) is 213 cm³/mol. The second kappa shape index (κ2) is 19.7. The van der Waals surface area contributed by atoms with Gasteiger partial charge in [0.25, 0.3) is 6.47 Å². The predicted octanol–water partition coefficient (Wildman–Crippen LogP) is 5.86. The van der Waals surface area contributed by atoms with E-state index in [4.69, 9.17) is 40.9 Å². The monoisotopic (exact) mass is 756 g/mol. The molecule has 296 valence electrons. The van der Waals surface area contributed by atoms with Crippen molar-refractivity contribution >= 4 is 29.9 Å². The van der Waals surface area contributed by atoms with E-state index in [2.05, 4.69) is 15.5 Å². The smallest absolute Gasteiger partial charge is 0.320 e. The average Bonchev–Trinajstić information content (AvgIpc) is 3.14. The first-order chi connectivity index (χ1) is 26.2. The first-order valence-electron chi connectivity index (χ1n) is 18.6. The van der Waals surface area contributed by atoms with Crippen LogP contribution in [0.5, 0.6) is 11.5 Å². The van der Waals surface area contributed by atoms with E-state index < -0.39 is 6.03 Å². The Bertz CT molecular complexity index is 1890. The number of aliphatic hydroxyl groups is 1. The number of nitrogens with zero attached hydrogens (tertiary/aromatic N) is 3. The number of nitrogens with two attached hydrogens (primary N) is 1. The summed E-state index contributed by atoms with van der Waals surface area (Å²) in [5.74, 6) is 1.84. The molecule has 0 bridgehead atoms. The van der Waals surface area contributed by atoms with Crippen molar-refractivity contribution < 1.29 is 29.3 Å². The van der Waals surface area contributed by atoms with Crippen LogP contribution in [-0.2, 0) is 4.79 Å². The van der Waals surface area contributed by atoms with Crippen LogP contribution in [0.25, 0.3) is 0 Å². The van der Waals surface area contributed by atoms with Crippen LogP contribution in [0.15, 0.2) is 83.6 Å². The molecule has 2 aliphatic rings. The molecule has 1 saturated heterocycles. The highest BCUT2D eigenvalue weighted by Crippen LogP contribution is 2.38. The number of benzene rings is 2. The number of amides is 2. The normalized spacial score (nSPS) is 18.0. The second-order valence-corrected chi connectivity index (χ2v) is 15.0. The molecule has 3 aromatic rings. The number of ether oxygens (including phenoxy) is 2. The molecule has 1 aliphatic heterocycles. The van der Waals surface area contributed by atoms with Gasteiger partial charge in [-0.05, 0) is 61.1 Å². The molecule has 14 heteroatoms. The van der Waals surface area contributed by atoms with Gasteiger partial charge in [-0.3, -0.25) is 30.4 Å². The molecule has 2 heterocycles. The average molecular weight is 757 g/mol. The molecule has 1 aromatic heterocycles. The maximum Gasteiger partial charge on any atom is 0.320 e. The molecule has 55 heavy (non-hydrogen) atoms.